The van der Waals surface area contributed by atoms with Gasteiger partial charge in [0, 0.05) is 55.6 Å². The maximum absolute atomic E-state index is 6.13. The van der Waals surface area contributed by atoms with Gasteiger partial charge < -0.3 is 9.64 Å². The molecule has 0 bridgehead atoms. The molecule has 4 heteroatoms. The van der Waals surface area contributed by atoms with Crippen molar-refractivity contribution in [2.45, 2.75) is 25.9 Å². The lowest BCUT2D eigenvalue weighted by atomic mass is 10.1. The second-order valence-electron chi connectivity index (χ2n) is 6.34. The van der Waals surface area contributed by atoms with E-state index in [2.05, 4.69) is 52.1 Å². The Bertz CT molecular complexity index is 818. The van der Waals surface area contributed by atoms with E-state index in [4.69, 9.17) is 4.74 Å². The van der Waals surface area contributed by atoms with Crippen molar-refractivity contribution in [2.24, 2.45) is 0 Å². The van der Waals surface area contributed by atoms with Gasteiger partial charge in [-0.3, -0.25) is 9.97 Å². The molecule has 122 valence electrons. The number of rotatable bonds is 3. The van der Waals surface area contributed by atoms with Crippen LogP contribution in [0.1, 0.15) is 18.4 Å². The number of nitrogens with zero attached hydrogens (tertiary/aromatic N) is 3. The topological polar surface area (TPSA) is 38.2 Å². The highest BCUT2D eigenvalue weighted by atomic mass is 16.5. The molecule has 0 amide bonds. The Hall–Kier alpha value is -2.62. The summed E-state index contributed by atoms with van der Waals surface area (Å²) in [5.74, 6) is 0.970. The van der Waals surface area contributed by atoms with E-state index in [0.717, 1.165) is 42.6 Å². The van der Waals surface area contributed by atoms with Crippen LogP contribution >= 0.6 is 0 Å². The summed E-state index contributed by atoms with van der Waals surface area (Å²) in [6.07, 6.45) is 7.92. The maximum Gasteiger partial charge on any atom is 0.119 e. The summed E-state index contributed by atoms with van der Waals surface area (Å²) >= 11 is 0. The van der Waals surface area contributed by atoms with Crippen LogP contribution in [0.5, 0.6) is 5.75 Å². The standard InChI is InChI=1S/C20H21N3O/c1-15-2-4-16(5-3-15)24-17-8-12-23(13-9-17)20-7-11-22-19-6-10-21-14-18(19)20/h2-7,10-11,14,17H,8-9,12-13H2,1H3. The first-order valence-corrected chi connectivity index (χ1v) is 8.46. The second kappa shape index (κ2) is 6.48. The first-order valence-electron chi connectivity index (χ1n) is 8.46. The third-order valence-corrected chi connectivity index (χ3v) is 4.63. The van der Waals surface area contributed by atoms with Crippen LogP contribution < -0.4 is 9.64 Å². The molecule has 1 fully saturated rings. The Kier molecular flexibility index (Phi) is 4.03. The molecule has 0 spiro atoms. The van der Waals surface area contributed by atoms with Gasteiger partial charge in [-0.1, -0.05) is 17.7 Å². The lowest BCUT2D eigenvalue weighted by Crippen LogP contribution is -2.38. The summed E-state index contributed by atoms with van der Waals surface area (Å²) in [6.45, 7) is 4.07. The maximum atomic E-state index is 6.13. The number of fused-ring (bicyclic) bond motifs is 1. The van der Waals surface area contributed by atoms with Gasteiger partial charge in [-0.2, -0.15) is 0 Å². The molecule has 0 atom stereocenters. The number of anilines is 1. The van der Waals surface area contributed by atoms with Crippen molar-refractivity contribution in [1.82, 2.24) is 9.97 Å². The molecule has 3 heterocycles. The van der Waals surface area contributed by atoms with Gasteiger partial charge in [-0.05, 0) is 31.2 Å². The van der Waals surface area contributed by atoms with Crippen LogP contribution in [0.15, 0.2) is 55.0 Å². The number of hydrogen-bond donors (Lipinski definition) is 0. The average Bonchev–Trinajstić information content (AvgIpc) is 2.64. The van der Waals surface area contributed by atoms with Gasteiger partial charge in [0.15, 0.2) is 0 Å². The molecule has 1 saturated heterocycles. The molecule has 1 aliphatic rings. The van der Waals surface area contributed by atoms with Crippen LogP contribution in [-0.4, -0.2) is 29.2 Å². The minimum Gasteiger partial charge on any atom is -0.490 e. The molecule has 0 N–H and O–H groups in total. The largest absolute Gasteiger partial charge is 0.490 e. The Morgan fingerprint density at radius 2 is 1.79 bits per heavy atom. The summed E-state index contributed by atoms with van der Waals surface area (Å²) < 4.78 is 6.13. The van der Waals surface area contributed by atoms with Gasteiger partial charge in [0.2, 0.25) is 0 Å². The Morgan fingerprint density at radius 3 is 2.58 bits per heavy atom. The number of aryl methyl sites for hydroxylation is 1. The molecular formula is C20H21N3O. The monoisotopic (exact) mass is 319 g/mol. The lowest BCUT2D eigenvalue weighted by molar-refractivity contribution is 0.171. The molecule has 1 aromatic carbocycles. The molecule has 4 rings (SSSR count). The third-order valence-electron chi connectivity index (χ3n) is 4.63. The molecule has 24 heavy (non-hydrogen) atoms. The molecule has 1 aliphatic heterocycles. The number of aromatic nitrogens is 2. The van der Waals surface area contributed by atoms with Crippen molar-refractivity contribution >= 4 is 16.6 Å². The fourth-order valence-corrected chi connectivity index (χ4v) is 3.27. The van der Waals surface area contributed by atoms with Crippen LogP contribution in [0.3, 0.4) is 0 Å². The van der Waals surface area contributed by atoms with Gasteiger partial charge >= 0.3 is 0 Å². The third kappa shape index (κ3) is 3.04. The van der Waals surface area contributed by atoms with Gasteiger partial charge in [0.25, 0.3) is 0 Å². The molecule has 0 radical (unpaired) electrons. The van der Waals surface area contributed by atoms with Crippen molar-refractivity contribution in [3.05, 3.63) is 60.6 Å². The fraction of sp³-hybridized carbons (Fsp3) is 0.300. The van der Waals surface area contributed by atoms with Crippen LogP contribution in [0.25, 0.3) is 10.9 Å². The van der Waals surface area contributed by atoms with Crippen molar-refractivity contribution < 1.29 is 4.74 Å². The quantitative estimate of drug-likeness (QED) is 0.732. The number of hydrogen-bond acceptors (Lipinski definition) is 4. The predicted molar refractivity (Wildman–Crippen MR) is 96.6 cm³/mol. The minimum absolute atomic E-state index is 0.287. The van der Waals surface area contributed by atoms with Gasteiger partial charge in [-0.25, -0.2) is 0 Å². The highest BCUT2D eigenvalue weighted by Crippen LogP contribution is 2.28. The van der Waals surface area contributed by atoms with E-state index < -0.39 is 0 Å². The molecule has 3 aromatic rings. The lowest BCUT2D eigenvalue weighted by Gasteiger charge is -2.34. The normalized spacial score (nSPS) is 15.6. The van der Waals surface area contributed by atoms with Crippen molar-refractivity contribution in [1.29, 1.82) is 0 Å². The number of piperidine rings is 1. The SMILES string of the molecule is Cc1ccc(OC2CCN(c3ccnc4ccncc34)CC2)cc1. The smallest absolute Gasteiger partial charge is 0.119 e. The second-order valence-corrected chi connectivity index (χ2v) is 6.34. The average molecular weight is 319 g/mol. The summed E-state index contributed by atoms with van der Waals surface area (Å²) in [5.41, 5.74) is 3.48. The molecule has 0 saturated carbocycles. The zero-order valence-corrected chi connectivity index (χ0v) is 13.9. The fourth-order valence-electron chi connectivity index (χ4n) is 3.27. The first-order chi connectivity index (χ1) is 11.8. The zero-order valence-electron chi connectivity index (χ0n) is 13.9. The summed E-state index contributed by atoms with van der Waals surface area (Å²) in [4.78, 5) is 11.1. The van der Waals surface area contributed by atoms with Crippen molar-refractivity contribution in [2.75, 3.05) is 18.0 Å². The van der Waals surface area contributed by atoms with E-state index in [1.165, 1.54) is 11.3 Å². The van der Waals surface area contributed by atoms with Crippen molar-refractivity contribution in [3.8, 4) is 5.75 Å². The van der Waals surface area contributed by atoms with E-state index in [9.17, 15) is 0 Å². The number of ether oxygens (including phenoxy) is 1. The van der Waals surface area contributed by atoms with E-state index >= 15 is 0 Å². The highest BCUT2D eigenvalue weighted by Gasteiger charge is 2.22. The minimum atomic E-state index is 0.287. The van der Waals surface area contributed by atoms with E-state index in [1.54, 1.807) is 6.20 Å². The predicted octanol–water partition coefficient (Wildman–Crippen LogP) is 3.99. The molecule has 4 nitrogen and oxygen atoms in total. The molecule has 2 aromatic heterocycles. The van der Waals surface area contributed by atoms with Gasteiger partial charge in [0.05, 0.1) is 5.52 Å². The highest BCUT2D eigenvalue weighted by molar-refractivity contribution is 5.90. The van der Waals surface area contributed by atoms with Gasteiger partial charge in [0.1, 0.15) is 11.9 Å². The summed E-state index contributed by atoms with van der Waals surface area (Å²) in [7, 11) is 0. The molecule has 0 aliphatic carbocycles. The Labute approximate surface area is 142 Å². The summed E-state index contributed by atoms with van der Waals surface area (Å²) in [5, 5.41) is 1.12. The van der Waals surface area contributed by atoms with Crippen molar-refractivity contribution in [3.63, 3.8) is 0 Å². The number of benzene rings is 1. The van der Waals surface area contributed by atoms with Gasteiger partial charge in [-0.15, -0.1) is 0 Å². The van der Waals surface area contributed by atoms with Crippen LogP contribution in [0.2, 0.25) is 0 Å². The number of pyridine rings is 2. The van der Waals surface area contributed by atoms with E-state index in [1.807, 2.05) is 18.5 Å². The molecule has 0 unspecified atom stereocenters. The zero-order chi connectivity index (χ0) is 16.4. The Morgan fingerprint density at radius 1 is 1.00 bits per heavy atom. The summed E-state index contributed by atoms with van der Waals surface area (Å²) in [6, 6.07) is 12.4. The van der Waals surface area contributed by atoms with E-state index in [0.29, 0.717) is 0 Å². The van der Waals surface area contributed by atoms with Crippen LogP contribution in [0.4, 0.5) is 5.69 Å². The first kappa shape index (κ1) is 14.9. The van der Waals surface area contributed by atoms with Crippen LogP contribution in [0, 0.1) is 6.92 Å². The molecular weight excluding hydrogens is 298 g/mol. The van der Waals surface area contributed by atoms with Crippen LogP contribution in [-0.2, 0) is 0 Å². The Balaban J connectivity index is 1.45. The van der Waals surface area contributed by atoms with E-state index in [-0.39, 0.29) is 6.10 Å².